The molecule has 18 heteroatoms. The fraction of sp³-hybridized carbons (Fsp3) is 0.674. The smallest absolute Gasteiger partial charge is 0.410 e. The Morgan fingerprint density at radius 1 is 1.02 bits per heavy atom. The summed E-state index contributed by atoms with van der Waals surface area (Å²) in [5, 5.41) is 11.7. The van der Waals surface area contributed by atoms with Gasteiger partial charge in [-0.25, -0.2) is 17.9 Å². The van der Waals surface area contributed by atoms with E-state index in [2.05, 4.69) is 9.71 Å². The maximum absolute atomic E-state index is 14.9. The molecule has 0 saturated carbocycles. The van der Waals surface area contributed by atoms with E-state index in [4.69, 9.17) is 28.4 Å². The lowest BCUT2D eigenvalue weighted by Gasteiger charge is -2.48. The molecule has 1 aromatic heterocycles. The van der Waals surface area contributed by atoms with Crippen LogP contribution in [0.2, 0.25) is 0 Å². The fourth-order valence-electron chi connectivity index (χ4n) is 9.89. The molecule has 3 saturated heterocycles. The molecule has 3 aliphatic rings. The van der Waals surface area contributed by atoms with Crippen LogP contribution in [0.5, 0.6) is 0 Å². The molecule has 0 aliphatic carbocycles. The maximum atomic E-state index is 14.9. The van der Waals surface area contributed by atoms with Gasteiger partial charge in [-0.15, -0.1) is 0 Å². The molecule has 64 heavy (non-hydrogen) atoms. The average Bonchev–Trinajstić information content (AvgIpc) is 3.52. The molecule has 5 rings (SSSR count). The van der Waals surface area contributed by atoms with Crippen molar-refractivity contribution in [1.29, 1.82) is 0 Å². The Labute approximate surface area is 377 Å². The van der Waals surface area contributed by atoms with Crippen molar-refractivity contribution in [3.8, 4) is 0 Å². The van der Waals surface area contributed by atoms with E-state index in [9.17, 15) is 32.7 Å². The van der Waals surface area contributed by atoms with E-state index in [1.165, 1.54) is 24.1 Å². The molecule has 3 aliphatic heterocycles. The number of pyridine rings is 1. The average molecular weight is 917 g/mol. The van der Waals surface area contributed by atoms with Crippen LogP contribution in [0.3, 0.4) is 0 Å². The van der Waals surface area contributed by atoms with Crippen LogP contribution in [0.1, 0.15) is 80.3 Å². The first-order valence-electron chi connectivity index (χ1n) is 22.2. The number of sulfonamides is 1. The largest absolute Gasteiger partial charge is 0.461 e. The molecule has 14 atom stereocenters. The van der Waals surface area contributed by atoms with Crippen LogP contribution in [0.25, 0.3) is 0 Å². The number of methoxy groups -OCH3 is 1. The zero-order valence-electron chi connectivity index (χ0n) is 39.0. The zero-order valence-corrected chi connectivity index (χ0v) is 39.8. The first-order chi connectivity index (χ1) is 30.1. The number of amides is 1. The van der Waals surface area contributed by atoms with Gasteiger partial charge in [-0.2, -0.15) is 0 Å². The lowest BCUT2D eigenvalue weighted by Crippen LogP contribution is -2.61. The number of carbonyl (C=O) groups is 4. The van der Waals surface area contributed by atoms with Crippen LogP contribution >= 0.6 is 0 Å². The van der Waals surface area contributed by atoms with Crippen LogP contribution in [0.4, 0.5) is 4.79 Å². The number of aromatic nitrogens is 1. The van der Waals surface area contributed by atoms with Crippen LogP contribution in [-0.2, 0) is 59.2 Å². The minimum Gasteiger partial charge on any atom is -0.461 e. The Balaban J connectivity index is 1.58. The second kappa shape index (κ2) is 21.1. The van der Waals surface area contributed by atoms with Gasteiger partial charge in [-0.1, -0.05) is 52.0 Å². The third-order valence-corrected chi connectivity index (χ3v) is 14.8. The Bertz CT molecular complexity index is 2030. The number of benzene rings is 1. The highest BCUT2D eigenvalue weighted by molar-refractivity contribution is 7.89. The van der Waals surface area contributed by atoms with E-state index in [0.717, 1.165) is 0 Å². The van der Waals surface area contributed by atoms with Gasteiger partial charge in [0.05, 0.1) is 46.8 Å². The summed E-state index contributed by atoms with van der Waals surface area (Å²) in [7, 11) is 1.23. The first kappa shape index (κ1) is 51.0. The van der Waals surface area contributed by atoms with Crippen LogP contribution in [0, 0.1) is 23.7 Å². The predicted octanol–water partition coefficient (Wildman–Crippen LogP) is 4.15. The van der Waals surface area contributed by atoms with Gasteiger partial charge >= 0.3 is 18.0 Å². The van der Waals surface area contributed by atoms with Crippen molar-refractivity contribution in [3.05, 3.63) is 60.4 Å². The molecule has 1 amide bonds. The number of cyclic esters (lactones) is 1. The SMILES string of the molecule is CC[C@H]1OC(=O)[C@H](C)[C@H](OC(=O)Cc2ccccn2)[C@@H](C)[C@@H](O[C@@H]2O[C@H](C)C[C@H](N(C)C)[C@H]2O)[C@](C)(OC)C[C@@H](C)C(=O)[C@H](C)[C@@H]2N(CCNS(=O)(=O)c3ccccc3)C(=O)O[C@@]21C. The summed E-state index contributed by atoms with van der Waals surface area (Å²) >= 11 is 0. The van der Waals surface area contributed by atoms with Gasteiger partial charge in [0.25, 0.3) is 0 Å². The van der Waals surface area contributed by atoms with E-state index in [-0.39, 0.29) is 55.2 Å². The third-order valence-electron chi connectivity index (χ3n) is 13.4. The number of aliphatic hydroxyl groups is 1. The highest BCUT2D eigenvalue weighted by Crippen LogP contribution is 2.44. The summed E-state index contributed by atoms with van der Waals surface area (Å²) in [6.07, 6.45) is -4.81. The van der Waals surface area contributed by atoms with Crippen molar-refractivity contribution in [1.82, 2.24) is 19.5 Å². The third kappa shape index (κ3) is 11.1. The molecule has 1 aromatic carbocycles. The lowest BCUT2D eigenvalue weighted by atomic mass is 9.73. The number of ketones is 1. The summed E-state index contributed by atoms with van der Waals surface area (Å²) in [5.74, 6) is -5.46. The zero-order chi connectivity index (χ0) is 47.3. The normalized spacial score (nSPS) is 35.6. The van der Waals surface area contributed by atoms with Crippen LogP contribution in [-0.4, -0.2) is 147 Å². The van der Waals surface area contributed by atoms with Gasteiger partial charge < -0.3 is 38.4 Å². The molecule has 17 nitrogen and oxygen atoms in total. The van der Waals surface area contributed by atoms with E-state index in [1.807, 2.05) is 25.9 Å². The number of Topliss-reactive ketones (excluding diaryl/α,β-unsaturated/α-hetero) is 1. The van der Waals surface area contributed by atoms with Gasteiger partial charge in [0.15, 0.2) is 11.9 Å². The second-order valence-electron chi connectivity index (χ2n) is 18.3. The molecule has 4 heterocycles. The molecule has 0 radical (unpaired) electrons. The maximum Gasteiger partial charge on any atom is 0.410 e. The van der Waals surface area contributed by atoms with E-state index >= 15 is 0 Å². The molecule has 0 spiro atoms. The Kier molecular flexibility index (Phi) is 16.8. The molecule has 3 fully saturated rings. The highest BCUT2D eigenvalue weighted by atomic mass is 32.2. The van der Waals surface area contributed by atoms with Gasteiger partial charge in [0.2, 0.25) is 10.0 Å². The number of aliphatic hydroxyl groups excluding tert-OH is 1. The van der Waals surface area contributed by atoms with Crippen molar-refractivity contribution in [2.24, 2.45) is 23.7 Å². The number of fused-ring (bicyclic) bond motifs is 1. The summed E-state index contributed by atoms with van der Waals surface area (Å²) < 4.78 is 67.0. The standard InChI is InChI=1S/C46H68N4O13S/c1-12-35-46(8)40(50(44(55)63-46)23-22-48-64(56,57)33-19-14-13-15-20-33)29(4)37(52)27(2)26-45(7,58-11)41(62-43-38(53)34(49(9)10)24-28(3)59-43)30(5)39(31(6)42(54)60-35)61-36(51)25-32-18-16-17-21-47-32/h13-21,27-31,34-35,38-41,43,48,53H,12,22-26H2,1-11H3/t27-,28-,29+,30-,31-,34+,35-,38-,39-,40+,41-,43+,45-,46-/m1/s1. The molecule has 0 bridgehead atoms. The van der Waals surface area contributed by atoms with Crippen molar-refractivity contribution in [3.63, 3.8) is 0 Å². The molecule has 2 aromatic rings. The number of hydrogen-bond donors (Lipinski definition) is 2. The Morgan fingerprint density at radius 2 is 1.69 bits per heavy atom. The molecule has 356 valence electrons. The number of rotatable bonds is 13. The van der Waals surface area contributed by atoms with Crippen LogP contribution in [0.15, 0.2) is 59.6 Å². The topological polar surface area (TPSA) is 209 Å². The number of nitrogens with zero attached hydrogens (tertiary/aromatic N) is 3. The lowest BCUT2D eigenvalue weighted by molar-refractivity contribution is -0.301. The van der Waals surface area contributed by atoms with E-state index < -0.39 is 99.7 Å². The van der Waals surface area contributed by atoms with Crippen molar-refractivity contribution >= 4 is 33.8 Å². The van der Waals surface area contributed by atoms with Gasteiger partial charge in [-0.05, 0) is 85.3 Å². The predicted molar refractivity (Wildman–Crippen MR) is 234 cm³/mol. The Hall–Kier alpha value is -4.04. The number of carbonyl (C=O) groups excluding carboxylic acids is 4. The quantitative estimate of drug-likeness (QED) is 0.214. The fourth-order valence-corrected chi connectivity index (χ4v) is 10.9. The minimum absolute atomic E-state index is 0.0386. The number of hydrogen-bond acceptors (Lipinski definition) is 15. The summed E-state index contributed by atoms with van der Waals surface area (Å²) in [6, 6.07) is 11.6. The first-order valence-corrected chi connectivity index (χ1v) is 23.6. The molecule has 2 N–H and O–H groups in total. The monoisotopic (exact) mass is 916 g/mol. The number of likely N-dealkylation sites (N-methyl/N-ethyl adjacent to an activating group) is 1. The van der Waals surface area contributed by atoms with Crippen molar-refractivity contribution in [2.75, 3.05) is 34.3 Å². The minimum atomic E-state index is -3.96. The molecule has 0 unspecified atom stereocenters. The van der Waals surface area contributed by atoms with Crippen molar-refractivity contribution in [2.45, 2.75) is 146 Å². The van der Waals surface area contributed by atoms with E-state index in [0.29, 0.717) is 12.1 Å². The molecular formula is C46H68N4O13S. The highest BCUT2D eigenvalue weighted by Gasteiger charge is 2.60. The summed E-state index contributed by atoms with van der Waals surface area (Å²) in [5.41, 5.74) is -2.52. The van der Waals surface area contributed by atoms with Crippen molar-refractivity contribution < 1.29 is 61.1 Å². The number of ether oxygens (including phenoxy) is 6. The second-order valence-corrected chi connectivity index (χ2v) is 20.0. The number of nitrogens with one attached hydrogen (secondary N) is 1. The molecular weight excluding hydrogens is 849 g/mol. The van der Waals surface area contributed by atoms with Gasteiger partial charge in [-0.3, -0.25) is 24.3 Å². The summed E-state index contributed by atoms with van der Waals surface area (Å²) in [6.45, 7) is 13.4. The van der Waals surface area contributed by atoms with E-state index in [1.54, 1.807) is 91.1 Å². The number of esters is 2. The Morgan fingerprint density at radius 3 is 2.30 bits per heavy atom. The van der Waals surface area contributed by atoms with Gasteiger partial charge in [0, 0.05) is 50.2 Å². The summed E-state index contributed by atoms with van der Waals surface area (Å²) in [4.78, 5) is 64.9. The van der Waals surface area contributed by atoms with Crippen LogP contribution < -0.4 is 4.72 Å². The van der Waals surface area contributed by atoms with Gasteiger partial charge in [0.1, 0.15) is 24.1 Å².